The lowest BCUT2D eigenvalue weighted by Crippen LogP contribution is -2.18. The monoisotopic (exact) mass is 320 g/mol. The van der Waals surface area contributed by atoms with Gasteiger partial charge in [0.15, 0.2) is 0 Å². The number of ether oxygens (including phenoxy) is 2. The highest BCUT2D eigenvalue weighted by Gasteiger charge is 2.07. The Bertz CT molecular complexity index is 414. The molecule has 0 radical (unpaired) electrons. The first-order valence-electron chi connectivity index (χ1n) is 6.09. The second-order valence-corrected chi connectivity index (χ2v) is 3.92. The van der Waals surface area contributed by atoms with Crippen molar-refractivity contribution in [1.29, 1.82) is 0 Å². The maximum absolute atomic E-state index is 10.4. The normalized spacial score (nSPS) is 10.2. The van der Waals surface area contributed by atoms with E-state index in [9.17, 15) is 19.2 Å². The lowest BCUT2D eigenvalue weighted by atomic mass is 10.4. The Balaban J connectivity index is 0. The fourth-order valence-electron chi connectivity index (χ4n) is 0.722. The molecule has 0 aromatic rings. The summed E-state index contributed by atoms with van der Waals surface area (Å²) in [6.45, 7) is 8.35. The van der Waals surface area contributed by atoms with E-state index in [0.29, 0.717) is 0 Å². The number of hydrogen-bond donors (Lipinski definition) is 1. The summed E-state index contributed by atoms with van der Waals surface area (Å²) >= 11 is 0. The van der Waals surface area contributed by atoms with Crippen LogP contribution in [0.2, 0.25) is 0 Å². The number of rotatable bonds is 5. The van der Waals surface area contributed by atoms with Crippen molar-refractivity contribution in [1.82, 2.24) is 0 Å². The van der Waals surface area contributed by atoms with Gasteiger partial charge in [0.05, 0.1) is 6.61 Å². The SMILES string of the molecule is C=C(C)C(=O)OOC(C)=O.CC(=O)OCCC(O)OC(C)=O. The van der Waals surface area contributed by atoms with Crippen LogP contribution in [0, 0.1) is 0 Å². The molecule has 0 aliphatic heterocycles. The second-order valence-electron chi connectivity index (χ2n) is 3.92. The Labute approximate surface area is 127 Å². The molecule has 0 heterocycles. The van der Waals surface area contributed by atoms with Crippen molar-refractivity contribution >= 4 is 23.9 Å². The molecule has 22 heavy (non-hydrogen) atoms. The van der Waals surface area contributed by atoms with E-state index in [4.69, 9.17) is 5.11 Å². The van der Waals surface area contributed by atoms with Crippen LogP contribution in [-0.4, -0.2) is 41.9 Å². The highest BCUT2D eigenvalue weighted by atomic mass is 17.2. The van der Waals surface area contributed by atoms with Gasteiger partial charge in [0.1, 0.15) is 0 Å². The van der Waals surface area contributed by atoms with Gasteiger partial charge < -0.3 is 14.6 Å². The molecule has 0 fully saturated rings. The predicted octanol–water partition coefficient (Wildman–Crippen LogP) is 0.405. The predicted molar refractivity (Wildman–Crippen MR) is 71.7 cm³/mol. The van der Waals surface area contributed by atoms with Gasteiger partial charge in [-0.2, -0.15) is 0 Å². The molecule has 0 rings (SSSR count). The average molecular weight is 320 g/mol. The number of carbonyl (C=O) groups is 4. The number of esters is 2. The first-order valence-corrected chi connectivity index (χ1v) is 6.09. The zero-order valence-corrected chi connectivity index (χ0v) is 12.9. The van der Waals surface area contributed by atoms with E-state index in [0.717, 1.165) is 6.92 Å². The molecule has 0 aromatic carbocycles. The third-order valence-electron chi connectivity index (χ3n) is 1.56. The van der Waals surface area contributed by atoms with Crippen LogP contribution >= 0.6 is 0 Å². The van der Waals surface area contributed by atoms with E-state index >= 15 is 0 Å². The Morgan fingerprint density at radius 1 is 0.955 bits per heavy atom. The highest BCUT2D eigenvalue weighted by molar-refractivity contribution is 5.87. The van der Waals surface area contributed by atoms with Crippen molar-refractivity contribution in [2.24, 2.45) is 0 Å². The third kappa shape index (κ3) is 17.6. The maximum Gasteiger partial charge on any atom is 0.381 e. The van der Waals surface area contributed by atoms with Crippen molar-refractivity contribution in [2.45, 2.75) is 40.4 Å². The smallest absolute Gasteiger partial charge is 0.381 e. The fraction of sp³-hybridized carbons (Fsp3) is 0.538. The van der Waals surface area contributed by atoms with Gasteiger partial charge in [-0.3, -0.25) is 9.59 Å². The molecule has 0 saturated heterocycles. The minimum Gasteiger partial charge on any atom is -0.466 e. The maximum atomic E-state index is 10.4. The van der Waals surface area contributed by atoms with Crippen molar-refractivity contribution in [3.63, 3.8) is 0 Å². The van der Waals surface area contributed by atoms with E-state index in [1.165, 1.54) is 20.8 Å². The summed E-state index contributed by atoms with van der Waals surface area (Å²) in [4.78, 5) is 48.9. The fourth-order valence-corrected chi connectivity index (χ4v) is 0.722. The summed E-state index contributed by atoms with van der Waals surface area (Å²) in [5.41, 5.74) is 0.182. The lowest BCUT2D eigenvalue weighted by molar-refractivity contribution is -0.253. The highest BCUT2D eigenvalue weighted by Crippen LogP contribution is 1.95. The van der Waals surface area contributed by atoms with Crippen LogP contribution in [-0.2, 0) is 38.4 Å². The van der Waals surface area contributed by atoms with Crippen molar-refractivity contribution in [3.8, 4) is 0 Å². The molecule has 0 aliphatic rings. The molecule has 1 N–H and O–H groups in total. The first-order chi connectivity index (χ1) is 10.1. The Kier molecular flexibility index (Phi) is 12.3. The third-order valence-corrected chi connectivity index (χ3v) is 1.56. The molecule has 9 heteroatoms. The largest absolute Gasteiger partial charge is 0.466 e. The summed E-state index contributed by atoms with van der Waals surface area (Å²) in [6, 6.07) is 0. The van der Waals surface area contributed by atoms with Gasteiger partial charge in [-0.1, -0.05) is 6.58 Å². The van der Waals surface area contributed by atoms with Crippen LogP contribution < -0.4 is 0 Å². The van der Waals surface area contributed by atoms with E-state index in [-0.39, 0.29) is 18.6 Å². The van der Waals surface area contributed by atoms with E-state index in [1.54, 1.807) is 0 Å². The zero-order valence-electron chi connectivity index (χ0n) is 12.9. The van der Waals surface area contributed by atoms with E-state index in [2.05, 4.69) is 25.8 Å². The van der Waals surface area contributed by atoms with Gasteiger partial charge in [-0.05, 0) is 6.92 Å². The number of hydrogen-bond acceptors (Lipinski definition) is 9. The summed E-state index contributed by atoms with van der Waals surface area (Å²) in [5, 5.41) is 8.90. The molecule has 1 atom stereocenters. The van der Waals surface area contributed by atoms with E-state index in [1.807, 2.05) is 0 Å². The molecule has 0 amide bonds. The molecule has 0 spiro atoms. The quantitative estimate of drug-likeness (QED) is 0.252. The average Bonchev–Trinajstić information content (AvgIpc) is 2.34. The molecule has 9 nitrogen and oxygen atoms in total. The number of carbonyl (C=O) groups excluding carboxylic acids is 4. The van der Waals surface area contributed by atoms with Gasteiger partial charge in [0.25, 0.3) is 0 Å². The van der Waals surface area contributed by atoms with Crippen LogP contribution in [0.15, 0.2) is 12.2 Å². The first kappa shape index (κ1) is 21.9. The molecule has 0 aromatic heterocycles. The van der Waals surface area contributed by atoms with Gasteiger partial charge in [-0.25, -0.2) is 19.4 Å². The van der Waals surface area contributed by atoms with Crippen LogP contribution in [0.25, 0.3) is 0 Å². The Morgan fingerprint density at radius 3 is 1.86 bits per heavy atom. The summed E-state index contributed by atoms with van der Waals surface area (Å²) in [5.74, 6) is -2.40. The van der Waals surface area contributed by atoms with Crippen LogP contribution in [0.5, 0.6) is 0 Å². The zero-order chi connectivity index (χ0) is 17.7. The van der Waals surface area contributed by atoms with Crippen molar-refractivity contribution in [2.75, 3.05) is 6.61 Å². The van der Waals surface area contributed by atoms with Crippen molar-refractivity contribution in [3.05, 3.63) is 12.2 Å². The second kappa shape index (κ2) is 12.3. The van der Waals surface area contributed by atoms with Gasteiger partial charge in [0.2, 0.25) is 6.29 Å². The Hall–Kier alpha value is -2.42. The van der Waals surface area contributed by atoms with Gasteiger partial charge in [-0.15, -0.1) is 0 Å². The molecule has 0 bridgehead atoms. The van der Waals surface area contributed by atoms with Gasteiger partial charge >= 0.3 is 23.9 Å². The molecular weight excluding hydrogens is 300 g/mol. The number of aliphatic hydroxyl groups is 1. The lowest BCUT2D eigenvalue weighted by Gasteiger charge is -2.09. The summed E-state index contributed by atoms with van der Waals surface area (Å²) < 4.78 is 8.86. The molecule has 126 valence electrons. The molecule has 1 unspecified atom stereocenters. The number of aliphatic hydroxyl groups excluding tert-OH is 1. The van der Waals surface area contributed by atoms with Crippen molar-refractivity contribution < 1.29 is 43.5 Å². The van der Waals surface area contributed by atoms with E-state index < -0.39 is 30.2 Å². The standard InChI is InChI=1S/C7H12O5.C6H8O4/c1-5(8)11-4-3-7(10)12-6(2)9;1-4(2)6(8)10-9-5(3)7/h7,10H,3-4H2,1-2H3;1H2,2-3H3. The van der Waals surface area contributed by atoms with Crippen LogP contribution in [0.1, 0.15) is 34.1 Å². The summed E-state index contributed by atoms with van der Waals surface area (Å²) in [6.07, 6.45) is -1.10. The minimum atomic E-state index is -1.19. The Morgan fingerprint density at radius 2 is 1.50 bits per heavy atom. The van der Waals surface area contributed by atoms with Crippen LogP contribution in [0.4, 0.5) is 0 Å². The topological polar surface area (TPSA) is 125 Å². The van der Waals surface area contributed by atoms with Crippen LogP contribution in [0.3, 0.4) is 0 Å². The summed E-state index contributed by atoms with van der Waals surface area (Å²) in [7, 11) is 0. The van der Waals surface area contributed by atoms with Gasteiger partial charge in [0, 0.05) is 32.8 Å². The minimum absolute atomic E-state index is 0.0454. The molecule has 0 saturated carbocycles. The molecule has 0 aliphatic carbocycles. The molecular formula is C13H20O9.